The molecule has 0 spiro atoms. The lowest BCUT2D eigenvalue weighted by atomic mass is 9.62. The average Bonchev–Trinajstić information content (AvgIpc) is 3.04. The van der Waals surface area contributed by atoms with E-state index in [4.69, 9.17) is 4.74 Å². The SMILES string of the molecule is CC1=C2[C@H]3OC(=O)[C@@H](CSc4nc5ccccc5c(=O)[nH]4)[C@@H]3CC[C@@]2(C)C=CC1=O. The highest BCUT2D eigenvalue weighted by Crippen LogP contribution is 2.53. The summed E-state index contributed by atoms with van der Waals surface area (Å²) in [7, 11) is 0. The molecule has 1 aromatic carbocycles. The summed E-state index contributed by atoms with van der Waals surface area (Å²) in [6, 6.07) is 7.19. The molecule has 3 aliphatic rings. The molecule has 0 bridgehead atoms. The van der Waals surface area contributed by atoms with E-state index in [2.05, 4.69) is 16.9 Å². The lowest BCUT2D eigenvalue weighted by Gasteiger charge is -2.43. The second-order valence-electron chi connectivity index (χ2n) is 8.52. The lowest BCUT2D eigenvalue weighted by Crippen LogP contribution is -2.40. The Bertz CT molecular complexity index is 1200. The van der Waals surface area contributed by atoms with Gasteiger partial charge in [-0.1, -0.05) is 36.9 Å². The minimum Gasteiger partial charge on any atom is -0.457 e. The molecule has 1 saturated heterocycles. The van der Waals surface area contributed by atoms with Gasteiger partial charge in [0.15, 0.2) is 10.9 Å². The van der Waals surface area contributed by atoms with Crippen LogP contribution in [0.1, 0.15) is 26.7 Å². The number of ether oxygens (including phenoxy) is 1. The van der Waals surface area contributed by atoms with Crippen LogP contribution in [-0.2, 0) is 14.3 Å². The Morgan fingerprint density at radius 3 is 2.90 bits per heavy atom. The van der Waals surface area contributed by atoms with Gasteiger partial charge in [-0.05, 0) is 43.5 Å². The van der Waals surface area contributed by atoms with E-state index in [0.717, 1.165) is 18.4 Å². The predicted octanol–water partition coefficient (Wildman–Crippen LogP) is 3.43. The predicted molar refractivity (Wildman–Crippen MR) is 114 cm³/mol. The van der Waals surface area contributed by atoms with E-state index in [1.807, 2.05) is 19.1 Å². The van der Waals surface area contributed by atoms with Gasteiger partial charge < -0.3 is 9.72 Å². The summed E-state index contributed by atoms with van der Waals surface area (Å²) in [6.45, 7) is 3.95. The molecule has 6 nitrogen and oxygen atoms in total. The number of nitrogens with zero attached hydrogens (tertiary/aromatic N) is 1. The number of esters is 1. The molecule has 0 unspecified atom stereocenters. The van der Waals surface area contributed by atoms with E-state index in [0.29, 0.717) is 27.4 Å². The number of nitrogens with one attached hydrogen (secondary N) is 1. The van der Waals surface area contributed by atoms with Gasteiger partial charge in [-0.15, -0.1) is 0 Å². The molecule has 1 N–H and O–H groups in total. The number of aromatic nitrogens is 2. The molecule has 0 radical (unpaired) electrons. The third kappa shape index (κ3) is 2.95. The van der Waals surface area contributed by atoms with Crippen LogP contribution in [0.3, 0.4) is 0 Å². The summed E-state index contributed by atoms with van der Waals surface area (Å²) in [5, 5.41) is 1.05. The first-order chi connectivity index (χ1) is 14.4. The highest BCUT2D eigenvalue weighted by molar-refractivity contribution is 7.99. The monoisotopic (exact) mass is 422 g/mol. The number of benzene rings is 1. The summed E-state index contributed by atoms with van der Waals surface area (Å²) in [6.07, 6.45) is 5.00. The molecule has 2 aromatic rings. The minimum atomic E-state index is -0.348. The van der Waals surface area contributed by atoms with Crippen molar-refractivity contribution in [2.45, 2.75) is 37.9 Å². The molecule has 30 heavy (non-hydrogen) atoms. The van der Waals surface area contributed by atoms with Crippen LogP contribution >= 0.6 is 11.8 Å². The number of hydrogen-bond donors (Lipinski definition) is 1. The van der Waals surface area contributed by atoms with Gasteiger partial charge in [0.25, 0.3) is 5.56 Å². The van der Waals surface area contributed by atoms with Crippen LogP contribution in [0.5, 0.6) is 0 Å². The fraction of sp³-hybridized carbons (Fsp3) is 0.391. The van der Waals surface area contributed by atoms with Gasteiger partial charge in [0.1, 0.15) is 6.10 Å². The summed E-state index contributed by atoms with van der Waals surface area (Å²) in [4.78, 5) is 44.6. The third-order valence-corrected chi connectivity index (χ3v) is 7.71. The standard InChI is InChI=1S/C23H22N2O4S/c1-12-17(26)8-10-23(2)9-7-13-15(21(28)29-19(13)18(12)23)11-30-22-24-16-6-4-3-5-14(16)20(27)25-22/h3-6,8,10,13,15,19H,7,9,11H2,1-2H3,(H,24,25,27)/t13-,15-,19-,23-/m0/s1. The zero-order valence-electron chi connectivity index (χ0n) is 16.8. The topological polar surface area (TPSA) is 89.1 Å². The number of carbonyl (C=O) groups is 2. The van der Waals surface area contributed by atoms with Crippen molar-refractivity contribution in [2.75, 3.05) is 5.75 Å². The second kappa shape index (κ2) is 6.94. The first-order valence-electron chi connectivity index (χ1n) is 10.1. The van der Waals surface area contributed by atoms with Crippen LogP contribution in [0.25, 0.3) is 10.9 Å². The van der Waals surface area contributed by atoms with Gasteiger partial charge >= 0.3 is 5.97 Å². The van der Waals surface area contributed by atoms with Crippen molar-refractivity contribution < 1.29 is 14.3 Å². The number of fused-ring (bicyclic) bond motifs is 4. The number of para-hydroxylation sites is 1. The Kier molecular flexibility index (Phi) is 4.47. The lowest BCUT2D eigenvalue weighted by molar-refractivity contribution is -0.143. The second-order valence-corrected chi connectivity index (χ2v) is 9.53. The van der Waals surface area contributed by atoms with Crippen molar-refractivity contribution in [1.29, 1.82) is 0 Å². The molecule has 1 aromatic heterocycles. The molecule has 1 saturated carbocycles. The molecule has 2 heterocycles. The number of ketones is 1. The molecule has 154 valence electrons. The number of rotatable bonds is 3. The van der Waals surface area contributed by atoms with Gasteiger partial charge in [0, 0.05) is 22.7 Å². The van der Waals surface area contributed by atoms with Gasteiger partial charge in [-0.3, -0.25) is 14.4 Å². The van der Waals surface area contributed by atoms with Crippen LogP contribution in [0, 0.1) is 17.3 Å². The van der Waals surface area contributed by atoms with E-state index in [1.54, 1.807) is 24.3 Å². The Morgan fingerprint density at radius 1 is 1.27 bits per heavy atom. The van der Waals surface area contributed by atoms with Crippen molar-refractivity contribution in [3.8, 4) is 0 Å². The maximum Gasteiger partial charge on any atom is 0.310 e. The van der Waals surface area contributed by atoms with Crippen molar-refractivity contribution in [3.05, 3.63) is 57.9 Å². The number of H-pyrrole nitrogens is 1. The first-order valence-corrected chi connectivity index (χ1v) is 11.1. The Morgan fingerprint density at radius 2 is 2.07 bits per heavy atom. The van der Waals surface area contributed by atoms with Gasteiger partial charge in [-0.2, -0.15) is 0 Å². The molecule has 2 fully saturated rings. The minimum absolute atomic E-state index is 0.00469. The van der Waals surface area contributed by atoms with Crippen LogP contribution < -0.4 is 5.56 Å². The summed E-state index contributed by atoms with van der Waals surface area (Å²) >= 11 is 1.37. The van der Waals surface area contributed by atoms with Gasteiger partial charge in [-0.25, -0.2) is 4.98 Å². The number of thioether (sulfide) groups is 1. The quantitative estimate of drug-likeness (QED) is 0.463. The zero-order chi connectivity index (χ0) is 21.0. The molecular formula is C23H22N2O4S. The Hall–Kier alpha value is -2.67. The Labute approximate surface area is 177 Å². The number of hydrogen-bond acceptors (Lipinski definition) is 6. The highest BCUT2D eigenvalue weighted by Gasteiger charge is 2.54. The van der Waals surface area contributed by atoms with Crippen LogP contribution in [-0.4, -0.2) is 33.6 Å². The molecule has 7 heteroatoms. The van der Waals surface area contributed by atoms with Gasteiger partial charge in [0.05, 0.1) is 16.8 Å². The summed E-state index contributed by atoms with van der Waals surface area (Å²) in [5.74, 6) is -0.00653. The van der Waals surface area contributed by atoms with Crippen LogP contribution in [0.2, 0.25) is 0 Å². The Balaban J connectivity index is 1.40. The largest absolute Gasteiger partial charge is 0.457 e. The van der Waals surface area contributed by atoms with Crippen LogP contribution in [0.15, 0.2) is 57.5 Å². The van der Waals surface area contributed by atoms with Crippen molar-refractivity contribution in [3.63, 3.8) is 0 Å². The van der Waals surface area contributed by atoms with Gasteiger partial charge in [0.2, 0.25) is 0 Å². The fourth-order valence-electron chi connectivity index (χ4n) is 5.06. The van der Waals surface area contributed by atoms with E-state index in [1.165, 1.54) is 11.8 Å². The van der Waals surface area contributed by atoms with E-state index >= 15 is 0 Å². The third-order valence-electron chi connectivity index (χ3n) is 6.72. The normalized spacial score (nSPS) is 30.4. The number of carbonyl (C=O) groups excluding carboxylic acids is 2. The average molecular weight is 423 g/mol. The van der Waals surface area contributed by atoms with Crippen molar-refractivity contribution >= 4 is 34.4 Å². The molecular weight excluding hydrogens is 400 g/mol. The molecule has 1 aliphatic heterocycles. The molecule has 5 rings (SSSR count). The number of allylic oxidation sites excluding steroid dienone is 3. The highest BCUT2D eigenvalue weighted by atomic mass is 32.2. The van der Waals surface area contributed by atoms with Crippen molar-refractivity contribution in [2.24, 2.45) is 17.3 Å². The molecule has 4 atom stereocenters. The molecule has 0 amide bonds. The first kappa shape index (κ1) is 19.3. The smallest absolute Gasteiger partial charge is 0.310 e. The van der Waals surface area contributed by atoms with E-state index in [9.17, 15) is 14.4 Å². The zero-order valence-corrected chi connectivity index (χ0v) is 17.6. The maximum atomic E-state index is 12.8. The van der Waals surface area contributed by atoms with E-state index in [-0.39, 0.29) is 40.7 Å². The number of aromatic amines is 1. The summed E-state index contributed by atoms with van der Waals surface area (Å²) < 4.78 is 5.83. The maximum absolute atomic E-state index is 12.8. The van der Waals surface area contributed by atoms with E-state index < -0.39 is 0 Å². The molecule has 2 aliphatic carbocycles. The van der Waals surface area contributed by atoms with Crippen LogP contribution in [0.4, 0.5) is 0 Å². The fourth-order valence-corrected chi connectivity index (χ4v) is 6.11. The summed E-state index contributed by atoms with van der Waals surface area (Å²) in [5.41, 5.74) is 1.89. The van der Waals surface area contributed by atoms with Crippen molar-refractivity contribution in [1.82, 2.24) is 9.97 Å².